The predicted octanol–water partition coefficient (Wildman–Crippen LogP) is 5.01. The number of hydrogen-bond donors (Lipinski definition) is 0. The van der Waals surface area contributed by atoms with E-state index in [-0.39, 0.29) is 5.28 Å². The molecule has 0 aliphatic carbocycles. The molecule has 0 atom stereocenters. The fraction of sp³-hybridized carbons (Fsp3) is 0. The molecule has 23 heavy (non-hydrogen) atoms. The summed E-state index contributed by atoms with van der Waals surface area (Å²) in [7, 11) is 0. The van der Waals surface area contributed by atoms with Crippen molar-refractivity contribution < 1.29 is 0 Å². The minimum Gasteiger partial charge on any atom is -0.208 e. The molecule has 0 saturated carbocycles. The van der Waals surface area contributed by atoms with Gasteiger partial charge in [0.2, 0.25) is 5.28 Å². The van der Waals surface area contributed by atoms with Crippen molar-refractivity contribution in [3.05, 3.63) is 78.1 Å². The molecule has 1 aromatic heterocycles. The highest BCUT2D eigenvalue weighted by molar-refractivity contribution is 6.28. The van der Waals surface area contributed by atoms with Crippen LogP contribution in [0.4, 0.5) is 0 Å². The van der Waals surface area contributed by atoms with E-state index in [9.17, 15) is 0 Å². The van der Waals surface area contributed by atoms with E-state index in [1.54, 1.807) is 0 Å². The van der Waals surface area contributed by atoms with Gasteiger partial charge in [-0.2, -0.15) is 9.97 Å². The number of rotatable bonds is 2. The summed E-state index contributed by atoms with van der Waals surface area (Å²) in [6.45, 7) is 0. The van der Waals surface area contributed by atoms with Crippen LogP contribution in [0.2, 0.25) is 5.28 Å². The molecule has 0 bridgehead atoms. The van der Waals surface area contributed by atoms with Crippen LogP contribution in [0.3, 0.4) is 0 Å². The number of fused-ring (bicyclic) bond motifs is 1. The van der Waals surface area contributed by atoms with Crippen molar-refractivity contribution >= 4 is 22.4 Å². The van der Waals surface area contributed by atoms with Crippen molar-refractivity contribution in [1.29, 1.82) is 0 Å². The molecule has 0 radical (unpaired) electrons. The number of halogens is 1. The van der Waals surface area contributed by atoms with E-state index in [1.807, 2.05) is 54.6 Å². The summed E-state index contributed by atoms with van der Waals surface area (Å²) in [6.07, 6.45) is 0. The molecule has 4 heteroatoms. The highest BCUT2D eigenvalue weighted by atomic mass is 35.5. The molecule has 1 heterocycles. The summed E-state index contributed by atoms with van der Waals surface area (Å²) in [6, 6.07) is 24.0. The lowest BCUT2D eigenvalue weighted by Gasteiger charge is -2.07. The van der Waals surface area contributed by atoms with Gasteiger partial charge in [-0.05, 0) is 22.4 Å². The lowest BCUT2D eigenvalue weighted by atomic mass is 10.0. The Balaban J connectivity index is 1.94. The molecule has 0 fully saturated rings. The maximum absolute atomic E-state index is 6.14. The molecule has 0 aliphatic heterocycles. The summed E-state index contributed by atoms with van der Waals surface area (Å²) in [5.41, 5.74) is 1.86. The Morgan fingerprint density at radius 1 is 0.609 bits per heavy atom. The van der Waals surface area contributed by atoms with Crippen LogP contribution < -0.4 is 0 Å². The number of nitrogens with zero attached hydrogens (tertiary/aromatic N) is 3. The first kappa shape index (κ1) is 13.9. The van der Waals surface area contributed by atoms with Gasteiger partial charge in [0.25, 0.3) is 0 Å². The first-order valence-electron chi connectivity index (χ1n) is 7.26. The van der Waals surface area contributed by atoms with Gasteiger partial charge in [0.15, 0.2) is 11.6 Å². The molecule has 0 unspecified atom stereocenters. The molecule has 0 amide bonds. The van der Waals surface area contributed by atoms with Gasteiger partial charge in [0, 0.05) is 11.1 Å². The Hall–Kier alpha value is -2.78. The van der Waals surface area contributed by atoms with Crippen molar-refractivity contribution in [2.24, 2.45) is 0 Å². The fourth-order valence-electron chi connectivity index (χ4n) is 2.61. The van der Waals surface area contributed by atoms with Crippen LogP contribution in [-0.2, 0) is 0 Å². The highest BCUT2D eigenvalue weighted by Crippen LogP contribution is 2.28. The van der Waals surface area contributed by atoms with Crippen molar-refractivity contribution in [3.8, 4) is 22.8 Å². The summed E-state index contributed by atoms with van der Waals surface area (Å²) >= 11 is 6.14. The molecule has 110 valence electrons. The second-order valence-electron chi connectivity index (χ2n) is 5.14. The topological polar surface area (TPSA) is 38.7 Å². The Morgan fingerprint density at radius 3 is 2.17 bits per heavy atom. The van der Waals surface area contributed by atoms with Crippen LogP contribution in [0.1, 0.15) is 0 Å². The van der Waals surface area contributed by atoms with Crippen molar-refractivity contribution in [2.75, 3.05) is 0 Å². The van der Waals surface area contributed by atoms with E-state index in [2.05, 4.69) is 33.2 Å². The fourth-order valence-corrected chi connectivity index (χ4v) is 2.77. The molecule has 4 aromatic rings. The zero-order valence-electron chi connectivity index (χ0n) is 12.1. The highest BCUT2D eigenvalue weighted by Gasteiger charge is 2.11. The summed E-state index contributed by atoms with van der Waals surface area (Å²) < 4.78 is 0. The lowest BCUT2D eigenvalue weighted by Crippen LogP contribution is -1.97. The Labute approximate surface area is 138 Å². The quantitative estimate of drug-likeness (QED) is 0.521. The van der Waals surface area contributed by atoms with Crippen LogP contribution in [0.25, 0.3) is 33.5 Å². The third-order valence-electron chi connectivity index (χ3n) is 3.67. The van der Waals surface area contributed by atoms with Crippen LogP contribution >= 0.6 is 11.6 Å². The summed E-state index contributed by atoms with van der Waals surface area (Å²) in [5, 5.41) is 2.43. The summed E-state index contributed by atoms with van der Waals surface area (Å²) in [4.78, 5) is 13.2. The van der Waals surface area contributed by atoms with Crippen LogP contribution in [0.15, 0.2) is 72.8 Å². The average molecular weight is 318 g/mol. The molecule has 0 N–H and O–H groups in total. The van der Waals surface area contributed by atoms with Gasteiger partial charge < -0.3 is 0 Å². The van der Waals surface area contributed by atoms with Gasteiger partial charge in [0.1, 0.15) is 0 Å². The first-order chi connectivity index (χ1) is 11.3. The van der Waals surface area contributed by atoms with E-state index < -0.39 is 0 Å². The second-order valence-corrected chi connectivity index (χ2v) is 5.48. The molecular weight excluding hydrogens is 306 g/mol. The van der Waals surface area contributed by atoms with Gasteiger partial charge in [-0.3, -0.25) is 0 Å². The first-order valence-corrected chi connectivity index (χ1v) is 7.64. The van der Waals surface area contributed by atoms with Gasteiger partial charge in [0.05, 0.1) is 0 Å². The Morgan fingerprint density at radius 2 is 1.30 bits per heavy atom. The molecule has 0 aliphatic rings. The van der Waals surface area contributed by atoms with E-state index >= 15 is 0 Å². The maximum Gasteiger partial charge on any atom is 0.226 e. The third kappa shape index (κ3) is 2.67. The largest absolute Gasteiger partial charge is 0.226 e. The normalized spacial score (nSPS) is 10.8. The molecule has 3 nitrogen and oxygen atoms in total. The standard InChI is InChI=1S/C19H12ClN3/c20-19-22-17(14-8-2-1-3-9-14)21-18(23-19)16-12-6-10-13-7-4-5-11-15(13)16/h1-12H. The SMILES string of the molecule is Clc1nc(-c2ccccc2)nc(-c2cccc3ccccc23)n1. The average Bonchev–Trinajstić information content (AvgIpc) is 2.61. The zero-order chi connectivity index (χ0) is 15.6. The maximum atomic E-state index is 6.14. The van der Waals surface area contributed by atoms with E-state index in [4.69, 9.17) is 11.6 Å². The smallest absolute Gasteiger partial charge is 0.208 e. The second kappa shape index (κ2) is 5.78. The van der Waals surface area contributed by atoms with Crippen molar-refractivity contribution in [2.45, 2.75) is 0 Å². The van der Waals surface area contributed by atoms with Crippen LogP contribution in [-0.4, -0.2) is 15.0 Å². The monoisotopic (exact) mass is 317 g/mol. The molecular formula is C19H12ClN3. The van der Waals surface area contributed by atoms with E-state index in [1.165, 1.54) is 0 Å². The predicted molar refractivity (Wildman–Crippen MR) is 93.2 cm³/mol. The number of aromatic nitrogens is 3. The minimum atomic E-state index is 0.196. The van der Waals surface area contributed by atoms with E-state index in [0.29, 0.717) is 11.6 Å². The molecule has 4 rings (SSSR count). The zero-order valence-corrected chi connectivity index (χ0v) is 12.9. The van der Waals surface area contributed by atoms with Crippen molar-refractivity contribution in [3.63, 3.8) is 0 Å². The lowest BCUT2D eigenvalue weighted by molar-refractivity contribution is 1.07. The third-order valence-corrected chi connectivity index (χ3v) is 3.84. The van der Waals surface area contributed by atoms with Crippen LogP contribution in [0, 0.1) is 0 Å². The summed E-state index contributed by atoms with van der Waals surface area (Å²) in [5.74, 6) is 1.16. The number of hydrogen-bond acceptors (Lipinski definition) is 3. The molecule has 0 spiro atoms. The van der Waals surface area contributed by atoms with Gasteiger partial charge in [-0.1, -0.05) is 72.8 Å². The van der Waals surface area contributed by atoms with E-state index in [0.717, 1.165) is 21.9 Å². The minimum absolute atomic E-state index is 0.196. The Kier molecular flexibility index (Phi) is 3.48. The Bertz CT molecular complexity index is 979. The number of benzene rings is 3. The molecule has 3 aromatic carbocycles. The molecule has 0 saturated heterocycles. The van der Waals surface area contributed by atoms with Gasteiger partial charge in [-0.15, -0.1) is 0 Å². The van der Waals surface area contributed by atoms with Crippen LogP contribution in [0.5, 0.6) is 0 Å². The van der Waals surface area contributed by atoms with Gasteiger partial charge in [-0.25, -0.2) is 4.98 Å². The van der Waals surface area contributed by atoms with Crippen molar-refractivity contribution in [1.82, 2.24) is 15.0 Å². The van der Waals surface area contributed by atoms with Gasteiger partial charge >= 0.3 is 0 Å².